The van der Waals surface area contributed by atoms with Crippen molar-refractivity contribution < 1.29 is 23.5 Å². The van der Waals surface area contributed by atoms with Crippen LogP contribution in [0.15, 0.2) is 18.2 Å². The van der Waals surface area contributed by atoms with Gasteiger partial charge in [-0.25, -0.2) is 4.39 Å². The van der Waals surface area contributed by atoms with E-state index in [4.69, 9.17) is 4.74 Å². The molecule has 1 aromatic carbocycles. The quantitative estimate of drug-likeness (QED) is 0.748. The van der Waals surface area contributed by atoms with Crippen LogP contribution in [0.2, 0.25) is 0 Å². The van der Waals surface area contributed by atoms with E-state index in [9.17, 15) is 18.8 Å². The monoisotopic (exact) mass is 401 g/mol. The zero-order valence-corrected chi connectivity index (χ0v) is 16.4. The number of carbonyl (C=O) groups excluding carboxylic acids is 3. The molecule has 0 bridgehead atoms. The maximum atomic E-state index is 14.1. The maximum absolute atomic E-state index is 14.1. The van der Waals surface area contributed by atoms with Crippen LogP contribution in [0, 0.1) is 23.6 Å². The zero-order valence-electron chi connectivity index (χ0n) is 16.4. The van der Waals surface area contributed by atoms with Crippen molar-refractivity contribution in [1.29, 1.82) is 0 Å². The van der Waals surface area contributed by atoms with E-state index in [1.54, 1.807) is 0 Å². The summed E-state index contributed by atoms with van der Waals surface area (Å²) in [6, 6.07) is 3.70. The Balaban J connectivity index is 1.61. The normalized spacial score (nSPS) is 35.7. The minimum atomic E-state index is -1.44. The summed E-state index contributed by atoms with van der Waals surface area (Å²) >= 11 is 0. The van der Waals surface area contributed by atoms with Crippen molar-refractivity contribution in [3.05, 3.63) is 29.6 Å². The van der Waals surface area contributed by atoms with E-state index in [0.29, 0.717) is 17.9 Å². The molecule has 5 rings (SSSR count). The maximum Gasteiger partial charge on any atom is 0.250 e. The molecule has 1 spiro atoms. The Morgan fingerprint density at radius 2 is 2.07 bits per heavy atom. The first-order valence-corrected chi connectivity index (χ1v) is 10.2. The highest BCUT2D eigenvalue weighted by atomic mass is 19.1. The first-order valence-electron chi connectivity index (χ1n) is 10.2. The summed E-state index contributed by atoms with van der Waals surface area (Å²) < 4.78 is 19.7. The van der Waals surface area contributed by atoms with Gasteiger partial charge < -0.3 is 10.1 Å². The number of fused-ring (bicyclic) bond motifs is 4. The zero-order chi connectivity index (χ0) is 20.5. The second-order valence-electron chi connectivity index (χ2n) is 8.79. The SMILES string of the molecule is CC(C)[C@@H]1N[C@@]2(C(=O)Nc3ccc(F)cc32)[C@H]2C(=O)N(C[C@H]3CCCO3)C(=O)[C@@H]12. The molecule has 4 aliphatic rings. The molecule has 4 aliphatic heterocycles. The van der Waals surface area contributed by atoms with Gasteiger partial charge in [-0.1, -0.05) is 13.8 Å². The molecule has 0 radical (unpaired) electrons. The predicted molar refractivity (Wildman–Crippen MR) is 101 cm³/mol. The minimum Gasteiger partial charge on any atom is -0.376 e. The number of amides is 3. The van der Waals surface area contributed by atoms with E-state index >= 15 is 0 Å². The summed E-state index contributed by atoms with van der Waals surface area (Å²) in [4.78, 5) is 41.3. The smallest absolute Gasteiger partial charge is 0.250 e. The molecule has 0 unspecified atom stereocenters. The van der Waals surface area contributed by atoms with Gasteiger partial charge in [0, 0.05) is 23.9 Å². The average molecular weight is 401 g/mol. The van der Waals surface area contributed by atoms with Crippen LogP contribution in [-0.4, -0.2) is 47.9 Å². The van der Waals surface area contributed by atoms with Crippen LogP contribution in [0.4, 0.5) is 10.1 Å². The molecule has 0 saturated carbocycles. The molecule has 5 atom stereocenters. The standard InChI is InChI=1S/C21H24FN3O4/c1-10(2)17-15-16(19(27)25(18(15)26)9-12-4-3-7-29-12)21(24-17)13-8-11(22)5-6-14(13)23-20(21)28/h5-6,8,10,12,15-17,24H,3-4,7,9H2,1-2H3,(H,23,28)/t12-,15-,16-,17+,21-/m1/s1. The number of ether oxygens (including phenoxy) is 1. The Labute approximate surface area is 168 Å². The number of hydrogen-bond donors (Lipinski definition) is 2. The molecule has 4 heterocycles. The van der Waals surface area contributed by atoms with Crippen LogP contribution < -0.4 is 10.6 Å². The number of imide groups is 1. The molecule has 2 N–H and O–H groups in total. The molecule has 154 valence electrons. The molecular weight excluding hydrogens is 377 g/mol. The number of nitrogens with zero attached hydrogens (tertiary/aromatic N) is 1. The third kappa shape index (κ3) is 2.45. The highest BCUT2D eigenvalue weighted by Crippen LogP contribution is 2.54. The average Bonchev–Trinajstić information content (AvgIpc) is 3.41. The van der Waals surface area contributed by atoms with Crippen molar-refractivity contribution in [2.75, 3.05) is 18.5 Å². The van der Waals surface area contributed by atoms with Crippen molar-refractivity contribution in [2.45, 2.75) is 44.4 Å². The second-order valence-corrected chi connectivity index (χ2v) is 8.79. The van der Waals surface area contributed by atoms with Gasteiger partial charge in [-0.15, -0.1) is 0 Å². The number of nitrogens with one attached hydrogen (secondary N) is 2. The van der Waals surface area contributed by atoms with Crippen LogP contribution in [0.25, 0.3) is 0 Å². The molecule has 7 nitrogen and oxygen atoms in total. The van der Waals surface area contributed by atoms with Gasteiger partial charge in [-0.05, 0) is 37.0 Å². The second kappa shape index (κ2) is 6.34. The number of carbonyl (C=O) groups is 3. The van der Waals surface area contributed by atoms with Crippen LogP contribution in [0.1, 0.15) is 32.3 Å². The summed E-state index contributed by atoms with van der Waals surface area (Å²) in [6.07, 6.45) is 1.55. The third-order valence-corrected chi connectivity index (χ3v) is 6.83. The van der Waals surface area contributed by atoms with Crippen LogP contribution in [0.5, 0.6) is 0 Å². The number of halogens is 1. The van der Waals surface area contributed by atoms with E-state index in [2.05, 4.69) is 10.6 Å². The van der Waals surface area contributed by atoms with Gasteiger partial charge in [0.15, 0.2) is 0 Å². The van der Waals surface area contributed by atoms with E-state index in [1.807, 2.05) is 13.8 Å². The number of likely N-dealkylation sites (tertiary alicyclic amines) is 1. The van der Waals surface area contributed by atoms with Crippen molar-refractivity contribution in [1.82, 2.24) is 10.2 Å². The van der Waals surface area contributed by atoms with Gasteiger partial charge in [-0.3, -0.25) is 24.6 Å². The number of benzene rings is 1. The van der Waals surface area contributed by atoms with Crippen LogP contribution in [-0.2, 0) is 24.7 Å². The first-order chi connectivity index (χ1) is 13.8. The van der Waals surface area contributed by atoms with Crippen molar-refractivity contribution >= 4 is 23.4 Å². The van der Waals surface area contributed by atoms with Crippen molar-refractivity contribution in [3.8, 4) is 0 Å². The van der Waals surface area contributed by atoms with Crippen molar-refractivity contribution in [3.63, 3.8) is 0 Å². The lowest BCUT2D eigenvalue weighted by Crippen LogP contribution is -2.54. The fourth-order valence-electron chi connectivity index (χ4n) is 5.51. The molecular formula is C21H24FN3O4. The molecule has 3 saturated heterocycles. The van der Waals surface area contributed by atoms with Gasteiger partial charge in [-0.2, -0.15) is 0 Å². The van der Waals surface area contributed by atoms with E-state index < -0.39 is 29.1 Å². The van der Waals surface area contributed by atoms with Crippen LogP contribution in [0.3, 0.4) is 0 Å². The first kappa shape index (κ1) is 18.7. The van der Waals surface area contributed by atoms with E-state index in [1.165, 1.54) is 23.1 Å². The Hall–Kier alpha value is -2.32. The topological polar surface area (TPSA) is 87.7 Å². The molecule has 0 aromatic heterocycles. The molecule has 8 heteroatoms. The third-order valence-electron chi connectivity index (χ3n) is 6.83. The van der Waals surface area contributed by atoms with Gasteiger partial charge >= 0.3 is 0 Å². The molecule has 3 fully saturated rings. The molecule has 3 amide bonds. The Morgan fingerprint density at radius 3 is 2.76 bits per heavy atom. The number of rotatable bonds is 3. The Bertz CT molecular complexity index is 913. The molecule has 0 aliphatic carbocycles. The fraction of sp³-hybridized carbons (Fsp3) is 0.571. The van der Waals surface area contributed by atoms with Gasteiger partial charge in [0.1, 0.15) is 11.4 Å². The predicted octanol–water partition coefficient (Wildman–Crippen LogP) is 1.38. The van der Waals surface area contributed by atoms with Crippen molar-refractivity contribution in [2.24, 2.45) is 17.8 Å². The number of hydrogen-bond acceptors (Lipinski definition) is 5. The fourth-order valence-corrected chi connectivity index (χ4v) is 5.51. The summed E-state index contributed by atoms with van der Waals surface area (Å²) in [5.74, 6) is -3.09. The molecule has 1 aromatic rings. The van der Waals surface area contributed by atoms with Gasteiger partial charge in [0.2, 0.25) is 17.7 Å². The molecule has 29 heavy (non-hydrogen) atoms. The lowest BCUT2D eigenvalue weighted by atomic mass is 9.76. The Kier molecular flexibility index (Phi) is 4.08. The van der Waals surface area contributed by atoms with Gasteiger partial charge in [0.05, 0.1) is 24.5 Å². The lowest BCUT2D eigenvalue weighted by molar-refractivity contribution is -0.144. The summed E-state index contributed by atoms with van der Waals surface area (Å²) in [6.45, 7) is 4.74. The van der Waals surface area contributed by atoms with Gasteiger partial charge in [0.25, 0.3) is 0 Å². The summed E-state index contributed by atoms with van der Waals surface area (Å²) in [5, 5.41) is 6.08. The highest BCUT2D eigenvalue weighted by Gasteiger charge is 2.70. The Morgan fingerprint density at radius 1 is 1.28 bits per heavy atom. The minimum absolute atomic E-state index is 0.00622. The summed E-state index contributed by atoms with van der Waals surface area (Å²) in [7, 11) is 0. The highest BCUT2D eigenvalue weighted by molar-refractivity contribution is 6.15. The van der Waals surface area contributed by atoms with E-state index in [0.717, 1.165) is 12.8 Å². The van der Waals surface area contributed by atoms with Crippen LogP contribution >= 0.6 is 0 Å². The largest absolute Gasteiger partial charge is 0.376 e. The lowest BCUT2D eigenvalue weighted by Gasteiger charge is -2.30. The summed E-state index contributed by atoms with van der Waals surface area (Å²) in [5.41, 5.74) is -0.555. The number of anilines is 1. The van der Waals surface area contributed by atoms with E-state index in [-0.39, 0.29) is 36.4 Å².